The Bertz CT molecular complexity index is 893. The number of hydrogen-bond donors (Lipinski definition) is 1. The highest BCUT2D eigenvalue weighted by atomic mass is 35.5. The summed E-state index contributed by atoms with van der Waals surface area (Å²) in [5, 5.41) is 13.7. The SMILES string of the molecule is COc1c(Cl)cc(C(=O)OCC(=O)Nc2c(C)cccc2[N+](=O)[O-])cc1Cl. The molecule has 0 unspecified atom stereocenters. The number of nitrogens with zero attached hydrogens (tertiary/aromatic N) is 1. The summed E-state index contributed by atoms with van der Waals surface area (Å²) in [6.07, 6.45) is 0. The number of para-hydroxylation sites is 1. The van der Waals surface area contributed by atoms with Gasteiger partial charge in [-0.25, -0.2) is 4.79 Å². The van der Waals surface area contributed by atoms with Gasteiger partial charge < -0.3 is 14.8 Å². The van der Waals surface area contributed by atoms with Crippen LogP contribution in [-0.4, -0.2) is 30.5 Å². The highest BCUT2D eigenvalue weighted by Crippen LogP contribution is 2.34. The van der Waals surface area contributed by atoms with Gasteiger partial charge in [0.2, 0.25) is 0 Å². The van der Waals surface area contributed by atoms with Gasteiger partial charge in [-0.1, -0.05) is 35.3 Å². The highest BCUT2D eigenvalue weighted by Gasteiger charge is 2.19. The Kier molecular flexibility index (Phi) is 6.59. The third kappa shape index (κ3) is 4.87. The van der Waals surface area contributed by atoms with Gasteiger partial charge in [-0.05, 0) is 24.6 Å². The zero-order valence-electron chi connectivity index (χ0n) is 14.2. The minimum Gasteiger partial charge on any atom is -0.494 e. The summed E-state index contributed by atoms with van der Waals surface area (Å²) in [6.45, 7) is 0.960. The molecule has 0 aromatic heterocycles. The number of rotatable bonds is 6. The molecule has 0 bridgehead atoms. The molecule has 2 aromatic rings. The average molecular weight is 413 g/mol. The van der Waals surface area contributed by atoms with Gasteiger partial charge in [-0.2, -0.15) is 0 Å². The molecular weight excluding hydrogens is 399 g/mol. The number of amides is 1. The number of nitro groups is 1. The molecule has 2 rings (SSSR count). The van der Waals surface area contributed by atoms with Crippen LogP contribution >= 0.6 is 23.2 Å². The predicted molar refractivity (Wildman–Crippen MR) is 99.8 cm³/mol. The minimum absolute atomic E-state index is 0.0282. The Labute approximate surface area is 164 Å². The quantitative estimate of drug-likeness (QED) is 0.436. The number of esters is 1. The van der Waals surface area contributed by atoms with Crippen molar-refractivity contribution in [3.05, 3.63) is 61.6 Å². The van der Waals surface area contributed by atoms with E-state index in [1.807, 2.05) is 0 Å². The monoisotopic (exact) mass is 412 g/mol. The second-order valence-electron chi connectivity index (χ2n) is 5.32. The van der Waals surface area contributed by atoms with E-state index < -0.39 is 23.4 Å². The molecule has 0 aliphatic carbocycles. The Hall–Kier alpha value is -2.84. The number of aryl methyl sites for hydroxylation is 1. The van der Waals surface area contributed by atoms with Gasteiger partial charge >= 0.3 is 5.97 Å². The molecule has 0 saturated carbocycles. The standard InChI is InChI=1S/C17H14Cl2N2O6/c1-9-4-3-5-13(21(24)25)15(9)20-14(22)8-27-17(23)10-6-11(18)16(26-2)12(19)7-10/h3-7H,8H2,1-2H3,(H,20,22). The van der Waals surface area contributed by atoms with Crippen molar-refractivity contribution in [2.24, 2.45) is 0 Å². The molecule has 10 heteroatoms. The van der Waals surface area contributed by atoms with Crippen LogP contribution in [0.1, 0.15) is 15.9 Å². The maximum absolute atomic E-state index is 12.1. The summed E-state index contributed by atoms with van der Waals surface area (Å²) in [7, 11) is 1.38. The minimum atomic E-state index is -0.837. The zero-order valence-corrected chi connectivity index (χ0v) is 15.8. The third-order valence-electron chi connectivity index (χ3n) is 3.48. The summed E-state index contributed by atoms with van der Waals surface area (Å²) in [5.41, 5.74) is 0.306. The first-order valence-corrected chi connectivity index (χ1v) is 8.24. The summed E-state index contributed by atoms with van der Waals surface area (Å²) >= 11 is 11.9. The molecule has 1 amide bonds. The van der Waals surface area contributed by atoms with Crippen LogP contribution in [0.15, 0.2) is 30.3 Å². The summed E-state index contributed by atoms with van der Waals surface area (Å²) in [6, 6.07) is 6.95. The lowest BCUT2D eigenvalue weighted by molar-refractivity contribution is -0.384. The van der Waals surface area contributed by atoms with Gasteiger partial charge in [0.25, 0.3) is 11.6 Å². The summed E-state index contributed by atoms with van der Waals surface area (Å²) in [4.78, 5) is 34.5. The molecule has 0 heterocycles. The molecule has 0 fully saturated rings. The average Bonchev–Trinajstić information content (AvgIpc) is 2.60. The fourth-order valence-corrected chi connectivity index (χ4v) is 2.87. The van der Waals surface area contributed by atoms with Crippen LogP contribution in [0.4, 0.5) is 11.4 Å². The molecular formula is C17H14Cl2N2O6. The van der Waals surface area contributed by atoms with E-state index in [4.69, 9.17) is 32.7 Å². The van der Waals surface area contributed by atoms with Crippen LogP contribution in [-0.2, 0) is 9.53 Å². The highest BCUT2D eigenvalue weighted by molar-refractivity contribution is 6.37. The van der Waals surface area contributed by atoms with Gasteiger partial charge in [0.1, 0.15) is 5.69 Å². The Morgan fingerprint density at radius 2 is 1.85 bits per heavy atom. The first-order chi connectivity index (χ1) is 12.7. The predicted octanol–water partition coefficient (Wildman–Crippen LogP) is 4.01. The fraction of sp³-hybridized carbons (Fsp3) is 0.176. The molecule has 8 nitrogen and oxygen atoms in total. The number of hydrogen-bond acceptors (Lipinski definition) is 6. The second kappa shape index (κ2) is 8.70. The van der Waals surface area contributed by atoms with E-state index in [0.29, 0.717) is 5.56 Å². The van der Waals surface area contributed by atoms with Crippen molar-refractivity contribution in [3.63, 3.8) is 0 Å². The van der Waals surface area contributed by atoms with Crippen molar-refractivity contribution < 1.29 is 24.0 Å². The number of carbonyl (C=O) groups excluding carboxylic acids is 2. The lowest BCUT2D eigenvalue weighted by Gasteiger charge is -2.10. The molecule has 1 N–H and O–H groups in total. The molecule has 0 atom stereocenters. The number of methoxy groups -OCH3 is 1. The Morgan fingerprint density at radius 1 is 1.22 bits per heavy atom. The van der Waals surface area contributed by atoms with Crippen LogP contribution < -0.4 is 10.1 Å². The smallest absolute Gasteiger partial charge is 0.338 e. The van der Waals surface area contributed by atoms with Gasteiger partial charge in [0.15, 0.2) is 12.4 Å². The van der Waals surface area contributed by atoms with E-state index in [1.165, 1.54) is 31.4 Å². The first kappa shape index (κ1) is 20.5. The number of halogens is 2. The number of ether oxygens (including phenoxy) is 2. The largest absolute Gasteiger partial charge is 0.494 e. The summed E-state index contributed by atoms with van der Waals surface area (Å²) in [5.74, 6) is -1.36. The van der Waals surface area contributed by atoms with Crippen LogP contribution in [0.5, 0.6) is 5.75 Å². The van der Waals surface area contributed by atoms with Crippen molar-refractivity contribution in [1.29, 1.82) is 0 Å². The normalized spacial score (nSPS) is 10.2. The number of carbonyl (C=O) groups is 2. The topological polar surface area (TPSA) is 108 Å². The molecule has 0 spiro atoms. The van der Waals surface area contributed by atoms with E-state index >= 15 is 0 Å². The molecule has 142 valence electrons. The molecule has 0 aliphatic heterocycles. The van der Waals surface area contributed by atoms with E-state index in [0.717, 1.165) is 0 Å². The number of nitro benzene ring substituents is 1. The van der Waals surface area contributed by atoms with Crippen LogP contribution in [0.2, 0.25) is 10.0 Å². The zero-order chi connectivity index (χ0) is 20.1. The number of anilines is 1. The van der Waals surface area contributed by atoms with Crippen LogP contribution in [0, 0.1) is 17.0 Å². The second-order valence-corrected chi connectivity index (χ2v) is 6.14. The maximum atomic E-state index is 12.1. The first-order valence-electron chi connectivity index (χ1n) is 7.48. The molecule has 0 radical (unpaired) electrons. The van der Waals surface area contributed by atoms with E-state index in [9.17, 15) is 19.7 Å². The lowest BCUT2D eigenvalue weighted by atomic mass is 10.1. The Balaban J connectivity index is 2.07. The van der Waals surface area contributed by atoms with Crippen molar-refractivity contribution in [2.45, 2.75) is 6.92 Å². The van der Waals surface area contributed by atoms with Gasteiger partial charge in [-0.15, -0.1) is 0 Å². The van der Waals surface area contributed by atoms with Crippen molar-refractivity contribution in [2.75, 3.05) is 19.0 Å². The summed E-state index contributed by atoms with van der Waals surface area (Å²) < 4.78 is 9.89. The van der Waals surface area contributed by atoms with E-state index in [2.05, 4.69) is 5.32 Å². The van der Waals surface area contributed by atoms with E-state index in [1.54, 1.807) is 13.0 Å². The maximum Gasteiger partial charge on any atom is 0.338 e. The third-order valence-corrected chi connectivity index (χ3v) is 4.05. The van der Waals surface area contributed by atoms with Crippen molar-refractivity contribution in [3.8, 4) is 5.75 Å². The van der Waals surface area contributed by atoms with Gasteiger partial charge in [0.05, 0.1) is 27.6 Å². The van der Waals surface area contributed by atoms with Crippen LogP contribution in [0.3, 0.4) is 0 Å². The number of benzene rings is 2. The molecule has 0 aliphatic rings. The van der Waals surface area contributed by atoms with Gasteiger partial charge in [0, 0.05) is 6.07 Å². The molecule has 27 heavy (non-hydrogen) atoms. The molecule has 0 saturated heterocycles. The van der Waals surface area contributed by atoms with E-state index in [-0.39, 0.29) is 32.7 Å². The van der Waals surface area contributed by atoms with Crippen LogP contribution in [0.25, 0.3) is 0 Å². The Morgan fingerprint density at radius 3 is 2.41 bits per heavy atom. The molecule has 2 aromatic carbocycles. The number of nitrogens with one attached hydrogen (secondary N) is 1. The van der Waals surface area contributed by atoms with Crippen molar-refractivity contribution >= 4 is 46.5 Å². The van der Waals surface area contributed by atoms with Gasteiger partial charge in [-0.3, -0.25) is 14.9 Å². The van der Waals surface area contributed by atoms with Crippen molar-refractivity contribution in [1.82, 2.24) is 0 Å². The lowest BCUT2D eigenvalue weighted by Crippen LogP contribution is -2.22. The fourth-order valence-electron chi connectivity index (χ4n) is 2.23.